The van der Waals surface area contributed by atoms with Crippen LogP contribution in [0.25, 0.3) is 0 Å². The van der Waals surface area contributed by atoms with Gasteiger partial charge in [-0.1, -0.05) is 12.1 Å². The lowest BCUT2D eigenvalue weighted by molar-refractivity contribution is -0.115. The summed E-state index contributed by atoms with van der Waals surface area (Å²) in [6.07, 6.45) is -0.327. The molecule has 1 aliphatic rings. The summed E-state index contributed by atoms with van der Waals surface area (Å²) in [4.78, 5) is 37.6. The van der Waals surface area contributed by atoms with Gasteiger partial charge in [-0.25, -0.2) is 0 Å². The van der Waals surface area contributed by atoms with Crippen molar-refractivity contribution in [3.8, 4) is 17.6 Å². The van der Waals surface area contributed by atoms with Gasteiger partial charge in [-0.3, -0.25) is 14.4 Å². The van der Waals surface area contributed by atoms with Gasteiger partial charge in [-0.05, 0) is 12.1 Å². The molecule has 2 aromatic carbocycles. The third kappa shape index (κ3) is 2.67. The highest BCUT2D eigenvalue weighted by molar-refractivity contribution is 6.30. The van der Waals surface area contributed by atoms with E-state index in [4.69, 9.17) is 14.7 Å². The Morgan fingerprint density at radius 1 is 1.04 bits per heavy atom. The number of nitriles is 1. The summed E-state index contributed by atoms with van der Waals surface area (Å²) in [5.74, 6) is -0.822. The number of hydrogen-bond donors (Lipinski definition) is 1. The lowest BCUT2D eigenvalue weighted by Gasteiger charge is -2.22. The summed E-state index contributed by atoms with van der Waals surface area (Å²) in [6.45, 7) is 0. The van der Waals surface area contributed by atoms with Gasteiger partial charge in [0, 0.05) is 22.9 Å². The SMILES string of the molecule is COc1cccc2c1C(=O)c1c(OC)cc(NC(=O)CC#N)cc1C2=O. The van der Waals surface area contributed by atoms with Crippen molar-refractivity contribution in [1.82, 2.24) is 0 Å². The molecule has 1 aliphatic carbocycles. The highest BCUT2D eigenvalue weighted by atomic mass is 16.5. The number of anilines is 1. The molecule has 1 N–H and O–H groups in total. The van der Waals surface area contributed by atoms with Crippen molar-refractivity contribution >= 4 is 23.2 Å². The minimum Gasteiger partial charge on any atom is -0.496 e. The van der Waals surface area contributed by atoms with Crippen LogP contribution >= 0.6 is 0 Å². The molecule has 2 aromatic rings. The number of ether oxygens (including phenoxy) is 2. The highest BCUT2D eigenvalue weighted by Gasteiger charge is 2.35. The summed E-state index contributed by atoms with van der Waals surface area (Å²) < 4.78 is 10.5. The van der Waals surface area contributed by atoms with Crippen molar-refractivity contribution < 1.29 is 23.9 Å². The van der Waals surface area contributed by atoms with Gasteiger partial charge in [0.05, 0.1) is 31.4 Å². The smallest absolute Gasteiger partial charge is 0.238 e. The summed E-state index contributed by atoms with van der Waals surface area (Å²) >= 11 is 0. The van der Waals surface area contributed by atoms with Crippen LogP contribution in [-0.2, 0) is 4.79 Å². The second-order valence-electron chi connectivity index (χ2n) is 5.53. The van der Waals surface area contributed by atoms with Gasteiger partial charge in [0.2, 0.25) is 11.7 Å². The molecule has 7 nitrogen and oxygen atoms in total. The maximum atomic E-state index is 13.0. The molecule has 3 rings (SSSR count). The molecule has 7 heteroatoms. The number of carbonyl (C=O) groups excluding carboxylic acids is 3. The van der Waals surface area contributed by atoms with Crippen LogP contribution in [0.1, 0.15) is 38.3 Å². The van der Waals surface area contributed by atoms with Crippen LogP contribution in [0.5, 0.6) is 11.5 Å². The molecule has 0 heterocycles. The molecular weight excluding hydrogens is 336 g/mol. The second-order valence-corrected chi connectivity index (χ2v) is 5.53. The number of nitrogens with one attached hydrogen (secondary N) is 1. The first-order valence-corrected chi connectivity index (χ1v) is 7.67. The number of benzene rings is 2. The lowest BCUT2D eigenvalue weighted by atomic mass is 9.82. The normalized spacial score (nSPS) is 11.9. The average molecular weight is 350 g/mol. The number of fused-ring (bicyclic) bond motifs is 2. The van der Waals surface area contributed by atoms with Gasteiger partial charge in [-0.2, -0.15) is 5.26 Å². The van der Waals surface area contributed by atoms with Crippen LogP contribution < -0.4 is 14.8 Å². The zero-order valence-electron chi connectivity index (χ0n) is 14.1. The van der Waals surface area contributed by atoms with Crippen LogP contribution in [0.2, 0.25) is 0 Å². The van der Waals surface area contributed by atoms with Crippen molar-refractivity contribution in [1.29, 1.82) is 5.26 Å². The number of hydrogen-bond acceptors (Lipinski definition) is 6. The minimum atomic E-state index is -0.522. The van der Waals surface area contributed by atoms with E-state index in [-0.39, 0.29) is 51.7 Å². The summed E-state index contributed by atoms with van der Waals surface area (Å²) in [7, 11) is 2.79. The van der Waals surface area contributed by atoms with Crippen LogP contribution in [-0.4, -0.2) is 31.7 Å². The largest absolute Gasteiger partial charge is 0.496 e. The Morgan fingerprint density at radius 3 is 2.38 bits per heavy atom. The quantitative estimate of drug-likeness (QED) is 0.774. The van der Waals surface area contributed by atoms with E-state index in [1.54, 1.807) is 24.3 Å². The van der Waals surface area contributed by atoms with Crippen molar-refractivity contribution in [2.45, 2.75) is 6.42 Å². The van der Waals surface area contributed by atoms with Crippen LogP contribution in [0, 0.1) is 11.3 Å². The number of amides is 1. The molecule has 0 aliphatic heterocycles. The molecule has 0 unspecified atom stereocenters. The molecule has 1 amide bonds. The number of carbonyl (C=O) groups is 3. The molecule has 0 aromatic heterocycles. The van der Waals surface area contributed by atoms with Gasteiger partial charge in [-0.15, -0.1) is 0 Å². The van der Waals surface area contributed by atoms with Crippen molar-refractivity contribution in [3.05, 3.63) is 52.6 Å². The number of ketones is 2. The fourth-order valence-corrected chi connectivity index (χ4v) is 2.93. The monoisotopic (exact) mass is 350 g/mol. The Kier molecular flexibility index (Phi) is 4.42. The van der Waals surface area contributed by atoms with Gasteiger partial charge in [0.15, 0.2) is 5.78 Å². The Labute approximate surface area is 149 Å². The molecular formula is C19H14N2O5. The Morgan fingerprint density at radius 2 is 1.73 bits per heavy atom. The van der Waals surface area contributed by atoms with Crippen LogP contribution in [0.4, 0.5) is 5.69 Å². The first-order chi connectivity index (χ1) is 12.5. The van der Waals surface area contributed by atoms with E-state index in [1.165, 1.54) is 26.4 Å². The molecule has 0 atom stereocenters. The van der Waals surface area contributed by atoms with Gasteiger partial charge in [0.1, 0.15) is 17.9 Å². The molecule has 0 fully saturated rings. The zero-order valence-corrected chi connectivity index (χ0v) is 14.1. The predicted molar refractivity (Wildman–Crippen MR) is 91.7 cm³/mol. The van der Waals surface area contributed by atoms with Gasteiger partial charge >= 0.3 is 0 Å². The van der Waals surface area contributed by atoms with Crippen molar-refractivity contribution in [2.24, 2.45) is 0 Å². The fourth-order valence-electron chi connectivity index (χ4n) is 2.93. The number of nitrogens with zero attached hydrogens (tertiary/aromatic N) is 1. The fraction of sp³-hybridized carbons (Fsp3) is 0.158. The van der Waals surface area contributed by atoms with Gasteiger partial charge < -0.3 is 14.8 Å². The molecule has 26 heavy (non-hydrogen) atoms. The summed E-state index contributed by atoms with van der Waals surface area (Å²) in [5, 5.41) is 11.1. The maximum absolute atomic E-state index is 13.0. The molecule has 0 bridgehead atoms. The van der Waals surface area contributed by atoms with Crippen molar-refractivity contribution in [3.63, 3.8) is 0 Å². The van der Waals surface area contributed by atoms with E-state index in [2.05, 4.69) is 5.32 Å². The lowest BCUT2D eigenvalue weighted by Crippen LogP contribution is -2.23. The molecule has 0 saturated carbocycles. The third-order valence-electron chi connectivity index (χ3n) is 4.03. The van der Waals surface area contributed by atoms with Crippen LogP contribution in [0.15, 0.2) is 30.3 Å². The zero-order chi connectivity index (χ0) is 18.8. The average Bonchev–Trinajstić information content (AvgIpc) is 2.64. The van der Waals surface area contributed by atoms with Crippen molar-refractivity contribution in [2.75, 3.05) is 19.5 Å². The van der Waals surface area contributed by atoms with E-state index in [0.717, 1.165) is 0 Å². The summed E-state index contributed by atoms with van der Waals surface area (Å²) in [6, 6.07) is 9.39. The standard InChI is InChI=1S/C19H14N2O5/c1-25-13-5-3-4-11-16(13)19(24)17-12(18(11)23)8-10(9-14(17)26-2)21-15(22)6-7-20/h3-5,8-9H,6H2,1-2H3,(H,21,22). The van der Waals surface area contributed by atoms with E-state index >= 15 is 0 Å². The molecule has 0 saturated heterocycles. The van der Waals surface area contributed by atoms with E-state index in [1.807, 2.05) is 0 Å². The molecule has 0 spiro atoms. The Bertz CT molecular complexity index is 988. The first kappa shape index (κ1) is 17.2. The Hall–Kier alpha value is -3.66. The Balaban J connectivity index is 2.17. The molecule has 0 radical (unpaired) electrons. The number of methoxy groups -OCH3 is 2. The second kappa shape index (κ2) is 6.69. The topological polar surface area (TPSA) is 105 Å². The molecule has 130 valence electrons. The number of rotatable bonds is 4. The minimum absolute atomic E-state index is 0.118. The maximum Gasteiger partial charge on any atom is 0.238 e. The first-order valence-electron chi connectivity index (χ1n) is 7.67. The van der Waals surface area contributed by atoms with E-state index < -0.39 is 5.91 Å². The highest BCUT2D eigenvalue weighted by Crippen LogP contribution is 2.38. The summed E-state index contributed by atoms with van der Waals surface area (Å²) in [5.41, 5.74) is 0.931. The van der Waals surface area contributed by atoms with E-state index in [9.17, 15) is 14.4 Å². The van der Waals surface area contributed by atoms with E-state index in [0.29, 0.717) is 5.75 Å². The predicted octanol–water partition coefficient (Wildman–Crippen LogP) is 2.33. The third-order valence-corrected chi connectivity index (χ3v) is 4.03. The van der Waals surface area contributed by atoms with Crippen LogP contribution in [0.3, 0.4) is 0 Å². The van der Waals surface area contributed by atoms with Gasteiger partial charge in [0.25, 0.3) is 0 Å².